The summed E-state index contributed by atoms with van der Waals surface area (Å²) in [6, 6.07) is 8.95. The van der Waals surface area contributed by atoms with Gasteiger partial charge in [0.05, 0.1) is 19.3 Å². The van der Waals surface area contributed by atoms with Gasteiger partial charge in [0.2, 0.25) is 0 Å². The molecule has 0 unspecified atom stereocenters. The van der Waals surface area contributed by atoms with Crippen LogP contribution in [0, 0.1) is 17.9 Å². The van der Waals surface area contributed by atoms with Crippen LogP contribution in [0.25, 0.3) is 0 Å². The normalized spacial score (nSPS) is 11.0. The zero-order chi connectivity index (χ0) is 13.4. The van der Waals surface area contributed by atoms with Gasteiger partial charge in [-0.05, 0) is 36.8 Å². The van der Waals surface area contributed by atoms with Crippen LogP contribution < -0.4 is 9.47 Å². The summed E-state index contributed by atoms with van der Waals surface area (Å²) in [7, 11) is 0. The Bertz CT molecular complexity index is 302. The summed E-state index contributed by atoms with van der Waals surface area (Å²) in [4.78, 5) is 0. The number of benzene rings is 1. The standard InChI is InChI=1S/C16H25O2/c1-13(2)8-10-17-15-6-5-7-16(12-15)18-11-9-14(3)4/h5-7,13-14H,8-11H2,1-4H3. The number of ether oxygens (including phenoxy) is 2. The van der Waals surface area contributed by atoms with E-state index in [0.29, 0.717) is 11.8 Å². The fraction of sp³-hybridized carbons (Fsp3) is 0.625. The third-order valence-corrected chi connectivity index (χ3v) is 2.65. The van der Waals surface area contributed by atoms with Crippen LogP contribution in [0.4, 0.5) is 0 Å². The van der Waals surface area contributed by atoms with Crippen molar-refractivity contribution in [2.45, 2.75) is 40.5 Å². The molecule has 1 radical (unpaired) electrons. The van der Waals surface area contributed by atoms with E-state index in [4.69, 9.17) is 9.47 Å². The van der Waals surface area contributed by atoms with E-state index in [1.165, 1.54) is 0 Å². The van der Waals surface area contributed by atoms with Crippen LogP contribution in [0.15, 0.2) is 18.2 Å². The molecule has 0 amide bonds. The number of hydrogen-bond acceptors (Lipinski definition) is 2. The Hall–Kier alpha value is -1.18. The second-order valence-electron chi connectivity index (χ2n) is 5.44. The van der Waals surface area contributed by atoms with Crippen LogP contribution in [0.5, 0.6) is 11.5 Å². The van der Waals surface area contributed by atoms with Gasteiger partial charge in [-0.2, -0.15) is 0 Å². The van der Waals surface area contributed by atoms with Gasteiger partial charge in [0.1, 0.15) is 11.5 Å². The molecular formula is C16H25O2. The van der Waals surface area contributed by atoms with Crippen molar-refractivity contribution in [2.75, 3.05) is 13.2 Å². The Morgan fingerprint density at radius 3 is 1.72 bits per heavy atom. The van der Waals surface area contributed by atoms with Crippen LogP contribution in [0.1, 0.15) is 40.5 Å². The molecule has 0 aromatic heterocycles. The maximum absolute atomic E-state index is 5.65. The van der Waals surface area contributed by atoms with Crippen molar-refractivity contribution in [3.8, 4) is 11.5 Å². The van der Waals surface area contributed by atoms with Gasteiger partial charge in [0, 0.05) is 0 Å². The van der Waals surface area contributed by atoms with Gasteiger partial charge < -0.3 is 9.47 Å². The van der Waals surface area contributed by atoms with Gasteiger partial charge in [0.25, 0.3) is 0 Å². The van der Waals surface area contributed by atoms with E-state index in [2.05, 4.69) is 33.8 Å². The van der Waals surface area contributed by atoms with Crippen molar-refractivity contribution in [1.82, 2.24) is 0 Å². The Balaban J connectivity index is 2.36. The molecule has 0 aliphatic carbocycles. The Morgan fingerprint density at radius 1 is 0.889 bits per heavy atom. The molecular weight excluding hydrogens is 224 g/mol. The molecule has 0 N–H and O–H groups in total. The third-order valence-electron chi connectivity index (χ3n) is 2.65. The largest absolute Gasteiger partial charge is 0.493 e. The first-order chi connectivity index (χ1) is 8.58. The summed E-state index contributed by atoms with van der Waals surface area (Å²) in [6.45, 7) is 10.3. The van der Waals surface area contributed by atoms with E-state index in [0.717, 1.165) is 37.6 Å². The second-order valence-corrected chi connectivity index (χ2v) is 5.44. The maximum atomic E-state index is 5.65. The minimum absolute atomic E-state index is 0.662. The summed E-state index contributed by atoms with van der Waals surface area (Å²) >= 11 is 0. The van der Waals surface area contributed by atoms with Gasteiger partial charge in [-0.1, -0.05) is 33.8 Å². The van der Waals surface area contributed by atoms with Gasteiger partial charge in [0.15, 0.2) is 0 Å². The van der Waals surface area contributed by atoms with Crippen LogP contribution in [-0.4, -0.2) is 13.2 Å². The lowest BCUT2D eigenvalue weighted by molar-refractivity contribution is 0.275. The van der Waals surface area contributed by atoms with Crippen molar-refractivity contribution in [1.29, 1.82) is 0 Å². The van der Waals surface area contributed by atoms with Gasteiger partial charge in [-0.3, -0.25) is 0 Å². The molecule has 0 saturated heterocycles. The van der Waals surface area contributed by atoms with Crippen LogP contribution in [0.2, 0.25) is 0 Å². The van der Waals surface area contributed by atoms with E-state index in [-0.39, 0.29) is 0 Å². The monoisotopic (exact) mass is 249 g/mol. The highest BCUT2D eigenvalue weighted by molar-refractivity contribution is 5.31. The molecule has 0 aliphatic rings. The Morgan fingerprint density at radius 2 is 1.33 bits per heavy atom. The summed E-state index contributed by atoms with van der Waals surface area (Å²) in [5.74, 6) is 2.88. The van der Waals surface area contributed by atoms with Gasteiger partial charge in [-0.25, -0.2) is 0 Å². The highest BCUT2D eigenvalue weighted by atomic mass is 16.5. The zero-order valence-electron chi connectivity index (χ0n) is 12.0. The van der Waals surface area contributed by atoms with Gasteiger partial charge in [-0.15, -0.1) is 0 Å². The van der Waals surface area contributed by atoms with E-state index in [1.807, 2.05) is 18.2 Å². The number of rotatable bonds is 8. The SMILES string of the molecule is CC(C)CCOc1[c]c(OCCC(C)C)ccc1. The van der Waals surface area contributed by atoms with Crippen molar-refractivity contribution >= 4 is 0 Å². The predicted molar refractivity (Wildman–Crippen MR) is 75.2 cm³/mol. The van der Waals surface area contributed by atoms with Crippen molar-refractivity contribution in [3.05, 3.63) is 24.3 Å². The van der Waals surface area contributed by atoms with E-state index < -0.39 is 0 Å². The van der Waals surface area contributed by atoms with E-state index in [9.17, 15) is 0 Å². The zero-order valence-corrected chi connectivity index (χ0v) is 12.0. The first-order valence-corrected chi connectivity index (χ1v) is 6.86. The third kappa shape index (κ3) is 6.53. The fourth-order valence-electron chi connectivity index (χ4n) is 1.41. The second kappa shape index (κ2) is 8.02. The molecule has 0 heterocycles. The van der Waals surface area contributed by atoms with Crippen LogP contribution in [0.3, 0.4) is 0 Å². The average Bonchev–Trinajstić information content (AvgIpc) is 2.28. The lowest BCUT2D eigenvalue weighted by Gasteiger charge is -2.10. The summed E-state index contributed by atoms with van der Waals surface area (Å²) in [5, 5.41) is 0. The molecule has 0 saturated carbocycles. The topological polar surface area (TPSA) is 18.5 Å². The molecule has 0 atom stereocenters. The first kappa shape index (κ1) is 14.9. The Labute approximate surface area is 111 Å². The molecule has 0 spiro atoms. The minimum Gasteiger partial charge on any atom is -0.493 e. The summed E-state index contributed by atoms with van der Waals surface area (Å²) < 4.78 is 11.3. The predicted octanol–water partition coefficient (Wildman–Crippen LogP) is 4.34. The molecule has 2 nitrogen and oxygen atoms in total. The Kier molecular flexibility index (Phi) is 6.63. The fourth-order valence-corrected chi connectivity index (χ4v) is 1.41. The minimum atomic E-state index is 0.662. The summed E-state index contributed by atoms with van der Waals surface area (Å²) in [5.41, 5.74) is 0. The smallest absolute Gasteiger partial charge is 0.131 e. The molecule has 1 aromatic rings. The van der Waals surface area contributed by atoms with E-state index >= 15 is 0 Å². The molecule has 0 aliphatic heterocycles. The summed E-state index contributed by atoms with van der Waals surface area (Å²) in [6.07, 6.45) is 2.12. The van der Waals surface area contributed by atoms with Crippen molar-refractivity contribution in [2.24, 2.45) is 11.8 Å². The van der Waals surface area contributed by atoms with Gasteiger partial charge >= 0.3 is 0 Å². The van der Waals surface area contributed by atoms with Crippen LogP contribution >= 0.6 is 0 Å². The highest BCUT2D eigenvalue weighted by Crippen LogP contribution is 2.19. The molecule has 101 valence electrons. The highest BCUT2D eigenvalue weighted by Gasteiger charge is 2.01. The van der Waals surface area contributed by atoms with Crippen molar-refractivity contribution in [3.63, 3.8) is 0 Å². The quantitative estimate of drug-likeness (QED) is 0.682. The molecule has 18 heavy (non-hydrogen) atoms. The molecule has 1 aromatic carbocycles. The van der Waals surface area contributed by atoms with Crippen molar-refractivity contribution < 1.29 is 9.47 Å². The molecule has 2 heteroatoms. The molecule has 0 bridgehead atoms. The number of hydrogen-bond donors (Lipinski definition) is 0. The first-order valence-electron chi connectivity index (χ1n) is 6.86. The van der Waals surface area contributed by atoms with Crippen LogP contribution in [-0.2, 0) is 0 Å². The molecule has 1 rings (SSSR count). The maximum Gasteiger partial charge on any atom is 0.131 e. The van der Waals surface area contributed by atoms with E-state index in [1.54, 1.807) is 0 Å². The lowest BCUT2D eigenvalue weighted by Crippen LogP contribution is -2.03. The average molecular weight is 249 g/mol. The molecule has 0 fully saturated rings. The lowest BCUT2D eigenvalue weighted by atomic mass is 10.1.